The summed E-state index contributed by atoms with van der Waals surface area (Å²) in [6, 6.07) is 0. The zero-order chi connectivity index (χ0) is 7.82. The van der Waals surface area contributed by atoms with Crippen LogP contribution in [0.25, 0.3) is 0 Å². The van der Waals surface area contributed by atoms with Gasteiger partial charge in [-0.2, -0.15) is 0 Å². The van der Waals surface area contributed by atoms with Crippen molar-refractivity contribution < 1.29 is 4.39 Å². The molecule has 0 aliphatic heterocycles. The average Bonchev–Trinajstić information content (AvgIpc) is 1.87. The fraction of sp³-hybridized carbons (Fsp3) is 0.167. The number of hydrogen-bond donors (Lipinski definition) is 1. The summed E-state index contributed by atoms with van der Waals surface area (Å²) < 4.78 is 18.3. The Bertz CT molecular complexity index is 154. The van der Waals surface area contributed by atoms with Gasteiger partial charge in [-0.1, -0.05) is 6.58 Å². The van der Waals surface area contributed by atoms with E-state index in [0.29, 0.717) is 0 Å². The molecule has 0 atom stereocenters. The first-order valence-corrected chi connectivity index (χ1v) is 3.42. The van der Waals surface area contributed by atoms with Crippen LogP contribution in [0.5, 0.6) is 0 Å². The van der Waals surface area contributed by atoms with Gasteiger partial charge in [-0.3, -0.25) is 0 Å². The summed E-state index contributed by atoms with van der Waals surface area (Å²) in [4.78, 5) is 0. The molecule has 4 heteroatoms. The number of hydrogen-bond acceptors (Lipinski definition) is 3. The second-order valence-corrected chi connectivity index (χ2v) is 2.16. The Morgan fingerprint density at radius 1 is 1.80 bits per heavy atom. The van der Waals surface area contributed by atoms with E-state index in [4.69, 9.17) is 0 Å². The second-order valence-electron chi connectivity index (χ2n) is 1.36. The number of allylic oxidation sites excluding steroid dienone is 3. The van der Waals surface area contributed by atoms with E-state index in [1.165, 1.54) is 30.5 Å². The topological polar surface area (TPSA) is 24.4 Å². The standard InChI is InChI=1S/C6H9FN2S/c1-6(7)4-3-5-9-10-8-2/h3-5,8H,1H2,2H3/b4-3-,9-5?. The summed E-state index contributed by atoms with van der Waals surface area (Å²) in [5.41, 5.74) is 0. The molecule has 56 valence electrons. The van der Waals surface area contributed by atoms with E-state index < -0.39 is 5.83 Å². The van der Waals surface area contributed by atoms with Gasteiger partial charge in [0.1, 0.15) is 5.83 Å². The van der Waals surface area contributed by atoms with Crippen LogP contribution in [0.2, 0.25) is 0 Å². The van der Waals surface area contributed by atoms with Crippen molar-refractivity contribution in [1.29, 1.82) is 0 Å². The van der Waals surface area contributed by atoms with Crippen LogP contribution in [0.15, 0.2) is 29.0 Å². The minimum atomic E-state index is -0.471. The molecule has 0 aromatic carbocycles. The molecule has 0 radical (unpaired) electrons. The maximum atomic E-state index is 11.8. The van der Waals surface area contributed by atoms with Gasteiger partial charge >= 0.3 is 0 Å². The fourth-order valence-electron chi connectivity index (χ4n) is 0.266. The van der Waals surface area contributed by atoms with Crippen molar-refractivity contribution in [2.24, 2.45) is 4.40 Å². The van der Waals surface area contributed by atoms with Gasteiger partial charge in [0.15, 0.2) is 0 Å². The monoisotopic (exact) mass is 160 g/mol. The molecule has 0 spiro atoms. The van der Waals surface area contributed by atoms with Crippen molar-refractivity contribution in [3.05, 3.63) is 24.6 Å². The Kier molecular flexibility index (Phi) is 6.11. The van der Waals surface area contributed by atoms with Gasteiger partial charge in [-0.25, -0.2) is 13.5 Å². The molecule has 1 N–H and O–H groups in total. The maximum absolute atomic E-state index is 11.8. The van der Waals surface area contributed by atoms with Crippen LogP contribution in [0.1, 0.15) is 0 Å². The predicted molar refractivity (Wildman–Crippen MR) is 44.5 cm³/mol. The quantitative estimate of drug-likeness (QED) is 0.386. The van der Waals surface area contributed by atoms with Crippen molar-refractivity contribution in [2.75, 3.05) is 7.05 Å². The van der Waals surface area contributed by atoms with Crippen molar-refractivity contribution in [1.82, 2.24) is 4.72 Å². The Labute approximate surface area is 64.2 Å². The highest BCUT2D eigenvalue weighted by molar-refractivity contribution is 7.96. The molecule has 0 rings (SSSR count). The van der Waals surface area contributed by atoms with Crippen LogP contribution in [0.3, 0.4) is 0 Å². The summed E-state index contributed by atoms with van der Waals surface area (Å²) in [5.74, 6) is -0.471. The van der Waals surface area contributed by atoms with Crippen LogP contribution in [0.4, 0.5) is 4.39 Å². The summed E-state index contributed by atoms with van der Waals surface area (Å²) in [6.07, 6.45) is 4.19. The normalized spacial score (nSPS) is 11.4. The number of nitrogens with zero attached hydrogens (tertiary/aromatic N) is 1. The summed E-state index contributed by atoms with van der Waals surface area (Å²) in [6.45, 7) is 3.04. The summed E-state index contributed by atoms with van der Waals surface area (Å²) in [7, 11) is 1.75. The van der Waals surface area contributed by atoms with Crippen molar-refractivity contribution in [2.45, 2.75) is 0 Å². The molecule has 0 heterocycles. The molecule has 10 heavy (non-hydrogen) atoms. The fourth-order valence-corrected chi connectivity index (χ4v) is 0.502. The van der Waals surface area contributed by atoms with Gasteiger partial charge in [-0.15, -0.1) is 0 Å². The molecular formula is C6H9FN2S. The minimum absolute atomic E-state index is 0.471. The molecule has 0 aliphatic rings. The third kappa shape index (κ3) is 7.39. The van der Waals surface area contributed by atoms with Gasteiger partial charge < -0.3 is 0 Å². The minimum Gasteiger partial charge on any atom is -0.247 e. The Hall–Kier alpha value is -0.610. The first-order chi connectivity index (χ1) is 4.77. The SMILES string of the molecule is C=C(F)/C=C\C=NSNC. The highest BCUT2D eigenvalue weighted by atomic mass is 32.2. The third-order valence-corrected chi connectivity index (χ3v) is 0.978. The number of halogens is 1. The number of nitrogens with one attached hydrogen (secondary N) is 1. The van der Waals surface area contributed by atoms with E-state index in [1.807, 2.05) is 0 Å². The summed E-state index contributed by atoms with van der Waals surface area (Å²) in [5, 5.41) is 0. The van der Waals surface area contributed by atoms with E-state index in [2.05, 4.69) is 15.7 Å². The van der Waals surface area contributed by atoms with Crippen LogP contribution in [0, 0.1) is 0 Å². The molecule has 2 nitrogen and oxygen atoms in total. The third-order valence-electron chi connectivity index (χ3n) is 0.568. The van der Waals surface area contributed by atoms with E-state index in [1.54, 1.807) is 7.05 Å². The van der Waals surface area contributed by atoms with Crippen LogP contribution in [-0.2, 0) is 0 Å². The molecule has 0 fully saturated rings. The van der Waals surface area contributed by atoms with E-state index in [0.717, 1.165) is 0 Å². The lowest BCUT2D eigenvalue weighted by atomic mass is 10.5. The summed E-state index contributed by atoms with van der Waals surface area (Å²) >= 11 is 1.18. The molecule has 0 aromatic heterocycles. The van der Waals surface area contributed by atoms with Gasteiger partial charge in [0.05, 0.1) is 12.1 Å². The first kappa shape index (κ1) is 9.39. The van der Waals surface area contributed by atoms with Gasteiger partial charge in [0.25, 0.3) is 0 Å². The lowest BCUT2D eigenvalue weighted by Gasteiger charge is -1.82. The molecule has 0 unspecified atom stereocenters. The molecule has 0 aliphatic carbocycles. The lowest BCUT2D eigenvalue weighted by Crippen LogP contribution is -1.86. The highest BCUT2D eigenvalue weighted by Crippen LogP contribution is 1.93. The smallest absolute Gasteiger partial charge is 0.116 e. The lowest BCUT2D eigenvalue weighted by molar-refractivity contribution is 0.671. The van der Waals surface area contributed by atoms with Crippen molar-refractivity contribution in [3.63, 3.8) is 0 Å². The van der Waals surface area contributed by atoms with E-state index in [9.17, 15) is 4.39 Å². The van der Waals surface area contributed by atoms with Crippen LogP contribution >= 0.6 is 12.1 Å². The maximum Gasteiger partial charge on any atom is 0.116 e. The van der Waals surface area contributed by atoms with Crippen LogP contribution < -0.4 is 4.72 Å². The predicted octanol–water partition coefficient (Wildman–Crippen LogP) is 1.88. The van der Waals surface area contributed by atoms with Gasteiger partial charge in [-0.05, 0) is 19.2 Å². The van der Waals surface area contributed by atoms with Gasteiger partial charge in [0, 0.05) is 6.21 Å². The molecule has 0 bridgehead atoms. The van der Waals surface area contributed by atoms with Crippen molar-refractivity contribution >= 4 is 18.3 Å². The van der Waals surface area contributed by atoms with E-state index in [-0.39, 0.29) is 0 Å². The Balaban J connectivity index is 3.42. The average molecular weight is 160 g/mol. The van der Waals surface area contributed by atoms with E-state index >= 15 is 0 Å². The van der Waals surface area contributed by atoms with Crippen LogP contribution in [-0.4, -0.2) is 13.3 Å². The highest BCUT2D eigenvalue weighted by Gasteiger charge is 1.74. The first-order valence-electron chi connectivity index (χ1n) is 2.64. The zero-order valence-corrected chi connectivity index (χ0v) is 6.49. The molecule has 0 saturated carbocycles. The van der Waals surface area contributed by atoms with Crippen molar-refractivity contribution in [3.8, 4) is 0 Å². The molecular weight excluding hydrogens is 151 g/mol. The second kappa shape index (κ2) is 6.51. The zero-order valence-electron chi connectivity index (χ0n) is 5.67. The molecule has 0 amide bonds. The number of rotatable bonds is 4. The Morgan fingerprint density at radius 3 is 3.00 bits per heavy atom. The molecule has 0 saturated heterocycles. The Morgan fingerprint density at radius 2 is 2.50 bits per heavy atom. The van der Waals surface area contributed by atoms with Gasteiger partial charge in [0.2, 0.25) is 0 Å². The largest absolute Gasteiger partial charge is 0.247 e. The molecule has 0 aromatic rings.